The standard InChI is InChI=1S/C30H33N3O7S/c1-30(2,3)40-29(38)26(35)32-27-23(28(36)37)21-14-15-33(17-18-10-12-20(39-4)13-11-18)22(24(21)41-27)16-31-25(34)19-8-6-5-7-9-19/h5-13,22H,14-17H2,1-4H3,(H,31,34)(H,32,35)(H,36,37). The number of carboxylic acids is 1. The lowest BCUT2D eigenvalue weighted by molar-refractivity contribution is -0.161. The van der Waals surface area contributed by atoms with Crippen molar-refractivity contribution in [1.29, 1.82) is 0 Å². The van der Waals surface area contributed by atoms with Crippen molar-refractivity contribution in [1.82, 2.24) is 10.2 Å². The van der Waals surface area contributed by atoms with Crippen LogP contribution < -0.4 is 15.4 Å². The number of hydrogen-bond donors (Lipinski definition) is 3. The fourth-order valence-corrected chi connectivity index (χ4v) is 6.00. The Morgan fingerprint density at radius 2 is 1.73 bits per heavy atom. The van der Waals surface area contributed by atoms with Crippen LogP contribution in [0.4, 0.5) is 5.00 Å². The molecule has 0 saturated heterocycles. The predicted octanol–water partition coefficient (Wildman–Crippen LogP) is 4.26. The van der Waals surface area contributed by atoms with E-state index in [-0.39, 0.29) is 29.1 Å². The van der Waals surface area contributed by atoms with Gasteiger partial charge in [0.2, 0.25) is 0 Å². The van der Waals surface area contributed by atoms with Crippen molar-refractivity contribution in [3.05, 3.63) is 81.7 Å². The van der Waals surface area contributed by atoms with Gasteiger partial charge in [0.15, 0.2) is 0 Å². The Morgan fingerprint density at radius 1 is 1.05 bits per heavy atom. The van der Waals surface area contributed by atoms with E-state index in [0.717, 1.165) is 22.6 Å². The van der Waals surface area contributed by atoms with E-state index in [0.29, 0.717) is 35.5 Å². The molecule has 3 N–H and O–H groups in total. The molecule has 41 heavy (non-hydrogen) atoms. The Balaban J connectivity index is 1.65. The number of methoxy groups -OCH3 is 1. The molecule has 0 bridgehead atoms. The van der Waals surface area contributed by atoms with Crippen molar-refractivity contribution in [2.45, 2.75) is 45.4 Å². The fraction of sp³-hybridized carbons (Fsp3) is 0.333. The van der Waals surface area contributed by atoms with Crippen LogP contribution in [-0.4, -0.2) is 59.6 Å². The quantitative estimate of drug-likeness (QED) is 0.266. The lowest BCUT2D eigenvalue weighted by Gasteiger charge is -2.36. The number of carbonyl (C=O) groups excluding carboxylic acids is 3. The van der Waals surface area contributed by atoms with Crippen molar-refractivity contribution >= 4 is 40.1 Å². The van der Waals surface area contributed by atoms with Gasteiger partial charge in [-0.2, -0.15) is 0 Å². The topological polar surface area (TPSA) is 134 Å². The number of nitrogens with one attached hydrogen (secondary N) is 2. The zero-order chi connectivity index (χ0) is 29.7. The third-order valence-electron chi connectivity index (χ3n) is 6.49. The first-order chi connectivity index (χ1) is 19.5. The number of amides is 2. The number of aromatic carboxylic acids is 1. The number of carboxylic acid groups (broad SMARTS) is 1. The first-order valence-electron chi connectivity index (χ1n) is 13.1. The predicted molar refractivity (Wildman–Crippen MR) is 154 cm³/mol. The molecule has 0 aliphatic carbocycles. The molecule has 0 spiro atoms. The molecule has 1 aliphatic rings. The molecule has 2 amide bonds. The molecule has 10 nitrogen and oxygen atoms in total. The highest BCUT2D eigenvalue weighted by Crippen LogP contribution is 2.43. The van der Waals surface area contributed by atoms with Crippen molar-refractivity contribution < 1.29 is 33.8 Å². The summed E-state index contributed by atoms with van der Waals surface area (Å²) in [7, 11) is 1.60. The van der Waals surface area contributed by atoms with Crippen LogP contribution in [0.25, 0.3) is 0 Å². The van der Waals surface area contributed by atoms with Gasteiger partial charge in [0.1, 0.15) is 16.4 Å². The van der Waals surface area contributed by atoms with Crippen molar-refractivity contribution in [3.8, 4) is 5.75 Å². The molecular formula is C30H33N3O7S. The maximum Gasteiger partial charge on any atom is 0.397 e. The summed E-state index contributed by atoms with van der Waals surface area (Å²) in [5, 5.41) is 15.6. The fourth-order valence-electron chi connectivity index (χ4n) is 4.63. The molecule has 1 atom stereocenters. The van der Waals surface area contributed by atoms with E-state index in [1.807, 2.05) is 30.3 Å². The summed E-state index contributed by atoms with van der Waals surface area (Å²) < 4.78 is 10.4. The normalized spacial score (nSPS) is 15.0. The van der Waals surface area contributed by atoms with E-state index < -0.39 is 23.4 Å². The van der Waals surface area contributed by atoms with Crippen LogP contribution in [0.1, 0.15) is 63.5 Å². The smallest absolute Gasteiger partial charge is 0.397 e. The van der Waals surface area contributed by atoms with E-state index >= 15 is 0 Å². The van der Waals surface area contributed by atoms with Crippen LogP contribution in [-0.2, 0) is 27.3 Å². The number of hydrogen-bond acceptors (Lipinski definition) is 8. The number of benzene rings is 2. The average Bonchev–Trinajstić information content (AvgIpc) is 3.30. The number of anilines is 1. The van der Waals surface area contributed by atoms with Gasteiger partial charge in [0, 0.05) is 30.1 Å². The van der Waals surface area contributed by atoms with Gasteiger partial charge in [-0.25, -0.2) is 9.59 Å². The molecule has 3 aromatic rings. The Kier molecular flexibility index (Phi) is 9.09. The van der Waals surface area contributed by atoms with E-state index in [9.17, 15) is 24.3 Å². The number of ether oxygens (including phenoxy) is 2. The molecule has 1 unspecified atom stereocenters. The zero-order valence-corrected chi connectivity index (χ0v) is 24.2. The van der Waals surface area contributed by atoms with Gasteiger partial charge in [-0.3, -0.25) is 14.5 Å². The largest absolute Gasteiger partial charge is 0.497 e. The maximum absolute atomic E-state index is 12.9. The monoisotopic (exact) mass is 579 g/mol. The van der Waals surface area contributed by atoms with Crippen LogP contribution in [0.5, 0.6) is 5.75 Å². The van der Waals surface area contributed by atoms with Crippen LogP contribution in [0.2, 0.25) is 0 Å². The first-order valence-corrected chi connectivity index (χ1v) is 13.9. The second-order valence-corrected chi connectivity index (χ2v) is 11.6. The second-order valence-electron chi connectivity index (χ2n) is 10.6. The summed E-state index contributed by atoms with van der Waals surface area (Å²) in [5.74, 6) is -2.89. The first kappa shape index (κ1) is 29.8. The average molecular weight is 580 g/mol. The highest BCUT2D eigenvalue weighted by atomic mass is 32.1. The molecule has 0 saturated carbocycles. The summed E-state index contributed by atoms with van der Waals surface area (Å²) in [6.07, 6.45) is 0.412. The number of esters is 1. The Labute approximate surface area is 242 Å². The van der Waals surface area contributed by atoms with E-state index in [1.165, 1.54) is 0 Å². The molecule has 1 aromatic heterocycles. The number of rotatable bonds is 8. The lowest BCUT2D eigenvalue weighted by Crippen LogP contribution is -2.41. The summed E-state index contributed by atoms with van der Waals surface area (Å²) in [6.45, 7) is 6.16. The molecule has 0 radical (unpaired) electrons. The van der Waals surface area contributed by atoms with Gasteiger partial charge in [-0.1, -0.05) is 30.3 Å². The number of fused-ring (bicyclic) bond motifs is 1. The van der Waals surface area contributed by atoms with Crippen LogP contribution >= 0.6 is 11.3 Å². The SMILES string of the molecule is COc1ccc(CN2CCc3c(sc(NC(=O)C(=O)OC(C)(C)C)c3C(=O)O)C2CNC(=O)c2ccccc2)cc1. The molecule has 0 fully saturated rings. The van der Waals surface area contributed by atoms with Crippen molar-refractivity contribution in [2.75, 3.05) is 25.5 Å². The minimum atomic E-state index is -1.21. The van der Waals surface area contributed by atoms with Crippen molar-refractivity contribution in [3.63, 3.8) is 0 Å². The number of carbonyl (C=O) groups is 4. The molecule has 11 heteroatoms. The summed E-state index contributed by atoms with van der Waals surface area (Å²) >= 11 is 1.10. The van der Waals surface area contributed by atoms with Crippen molar-refractivity contribution in [2.24, 2.45) is 0 Å². The zero-order valence-electron chi connectivity index (χ0n) is 23.4. The minimum Gasteiger partial charge on any atom is -0.497 e. The van der Waals surface area contributed by atoms with Gasteiger partial charge in [0.05, 0.1) is 18.7 Å². The van der Waals surface area contributed by atoms with Gasteiger partial charge in [0.25, 0.3) is 5.91 Å². The molecule has 2 aromatic carbocycles. The Hall–Kier alpha value is -4.22. The van der Waals surface area contributed by atoms with Gasteiger partial charge in [-0.05, 0) is 62.6 Å². The second kappa shape index (κ2) is 12.5. The third-order valence-corrected chi connectivity index (χ3v) is 7.74. The van der Waals surface area contributed by atoms with Gasteiger partial charge >= 0.3 is 17.8 Å². The molecular weight excluding hydrogens is 546 g/mol. The maximum atomic E-state index is 12.9. The minimum absolute atomic E-state index is 0.0506. The molecule has 1 aliphatic heterocycles. The van der Waals surface area contributed by atoms with E-state index in [2.05, 4.69) is 15.5 Å². The third kappa shape index (κ3) is 7.30. The molecule has 4 rings (SSSR count). The number of thiophene rings is 1. The molecule has 2 heterocycles. The highest BCUT2D eigenvalue weighted by molar-refractivity contribution is 7.17. The summed E-state index contributed by atoms with van der Waals surface area (Å²) in [5.41, 5.74) is 1.16. The van der Waals surface area contributed by atoms with E-state index in [4.69, 9.17) is 9.47 Å². The highest BCUT2D eigenvalue weighted by Gasteiger charge is 2.36. The van der Waals surface area contributed by atoms with Gasteiger partial charge in [-0.15, -0.1) is 11.3 Å². The van der Waals surface area contributed by atoms with Crippen LogP contribution in [0, 0.1) is 0 Å². The van der Waals surface area contributed by atoms with E-state index in [1.54, 1.807) is 52.1 Å². The summed E-state index contributed by atoms with van der Waals surface area (Å²) in [4.78, 5) is 53.1. The number of nitrogens with zero attached hydrogens (tertiary/aromatic N) is 1. The Morgan fingerprint density at radius 3 is 2.34 bits per heavy atom. The summed E-state index contributed by atoms with van der Waals surface area (Å²) in [6, 6.07) is 16.1. The van der Waals surface area contributed by atoms with Crippen LogP contribution in [0.3, 0.4) is 0 Å². The van der Waals surface area contributed by atoms with Crippen LogP contribution in [0.15, 0.2) is 54.6 Å². The lowest BCUT2D eigenvalue weighted by atomic mass is 9.96. The van der Waals surface area contributed by atoms with Gasteiger partial charge < -0.3 is 25.2 Å². The molecule has 216 valence electrons. The Bertz CT molecular complexity index is 1430.